The summed E-state index contributed by atoms with van der Waals surface area (Å²) in [5.74, 6) is 0.885. The van der Waals surface area contributed by atoms with Gasteiger partial charge in [0.15, 0.2) is 0 Å². The molecule has 0 saturated carbocycles. The number of carbonyl (C=O) groups is 1. The maximum absolute atomic E-state index is 10.6. The smallest absolute Gasteiger partial charge is 0.309 e. The quantitative estimate of drug-likeness (QED) is 0.675. The zero-order valence-corrected chi connectivity index (χ0v) is 7.47. The molecule has 0 spiro atoms. The predicted molar refractivity (Wildman–Crippen MR) is 44.0 cm³/mol. The van der Waals surface area contributed by atoms with Crippen LogP contribution in [0.15, 0.2) is 0 Å². The summed E-state index contributed by atoms with van der Waals surface area (Å²) >= 11 is 0. The van der Waals surface area contributed by atoms with E-state index in [9.17, 15) is 4.79 Å². The standard InChI is InChI=1S/C8H12N2O2/c1-4-7-9-5(2)8(10-7)12-6(3)11/h4H2,1-3H3,(H,9,10). The second-order valence-electron chi connectivity index (χ2n) is 2.56. The number of hydrogen-bond acceptors (Lipinski definition) is 3. The topological polar surface area (TPSA) is 55.0 Å². The van der Waals surface area contributed by atoms with Crippen molar-refractivity contribution in [2.24, 2.45) is 0 Å². The minimum absolute atomic E-state index is 0.341. The second kappa shape index (κ2) is 3.38. The number of nitrogens with zero attached hydrogens (tertiary/aromatic N) is 1. The summed E-state index contributed by atoms with van der Waals surface area (Å²) in [7, 11) is 0. The summed E-state index contributed by atoms with van der Waals surface area (Å²) in [6.07, 6.45) is 0.808. The first-order chi connectivity index (χ1) is 5.63. The zero-order valence-electron chi connectivity index (χ0n) is 7.47. The van der Waals surface area contributed by atoms with E-state index in [1.807, 2.05) is 13.8 Å². The fourth-order valence-electron chi connectivity index (χ4n) is 0.907. The number of rotatable bonds is 2. The van der Waals surface area contributed by atoms with Crippen LogP contribution < -0.4 is 4.74 Å². The SMILES string of the molecule is CCc1nc(OC(C)=O)c(C)[nH]1. The molecule has 1 aromatic heterocycles. The van der Waals surface area contributed by atoms with Gasteiger partial charge in [-0.2, -0.15) is 4.98 Å². The number of esters is 1. The van der Waals surface area contributed by atoms with Crippen molar-refractivity contribution < 1.29 is 9.53 Å². The lowest BCUT2D eigenvalue weighted by molar-refractivity contribution is -0.132. The van der Waals surface area contributed by atoms with E-state index in [2.05, 4.69) is 9.97 Å². The Balaban J connectivity index is 2.84. The van der Waals surface area contributed by atoms with Gasteiger partial charge < -0.3 is 9.72 Å². The van der Waals surface area contributed by atoms with Crippen LogP contribution in [-0.2, 0) is 11.2 Å². The third-order valence-electron chi connectivity index (χ3n) is 1.46. The predicted octanol–water partition coefficient (Wildman–Crippen LogP) is 1.21. The first-order valence-corrected chi connectivity index (χ1v) is 3.87. The number of aromatic amines is 1. The number of nitrogens with one attached hydrogen (secondary N) is 1. The summed E-state index contributed by atoms with van der Waals surface area (Å²) in [6.45, 7) is 5.17. The molecule has 1 heterocycles. The largest absolute Gasteiger partial charge is 0.406 e. The van der Waals surface area contributed by atoms with Crippen molar-refractivity contribution in [2.75, 3.05) is 0 Å². The third-order valence-corrected chi connectivity index (χ3v) is 1.46. The van der Waals surface area contributed by atoms with Gasteiger partial charge in [0.2, 0.25) is 5.88 Å². The summed E-state index contributed by atoms with van der Waals surface area (Å²) < 4.78 is 4.85. The van der Waals surface area contributed by atoms with Gasteiger partial charge in [-0.15, -0.1) is 0 Å². The van der Waals surface area contributed by atoms with Gasteiger partial charge in [0.25, 0.3) is 0 Å². The zero-order chi connectivity index (χ0) is 9.14. The number of H-pyrrole nitrogens is 1. The van der Waals surface area contributed by atoms with E-state index in [1.165, 1.54) is 6.92 Å². The van der Waals surface area contributed by atoms with Crippen molar-refractivity contribution in [3.63, 3.8) is 0 Å². The lowest BCUT2D eigenvalue weighted by Crippen LogP contribution is -2.02. The molecule has 0 radical (unpaired) electrons. The van der Waals surface area contributed by atoms with Gasteiger partial charge in [-0.1, -0.05) is 6.92 Å². The minimum Gasteiger partial charge on any atom is -0.406 e. The number of aryl methyl sites for hydroxylation is 2. The molecule has 1 aromatic rings. The minimum atomic E-state index is -0.341. The molecule has 0 saturated heterocycles. The van der Waals surface area contributed by atoms with Crippen molar-refractivity contribution in [3.8, 4) is 5.88 Å². The number of hydrogen-bond donors (Lipinski definition) is 1. The average molecular weight is 168 g/mol. The summed E-state index contributed by atoms with van der Waals surface area (Å²) in [5.41, 5.74) is 0.794. The number of carbonyl (C=O) groups excluding carboxylic acids is 1. The Morgan fingerprint density at radius 3 is 2.75 bits per heavy atom. The number of ether oxygens (including phenoxy) is 1. The highest BCUT2D eigenvalue weighted by Crippen LogP contribution is 2.13. The van der Waals surface area contributed by atoms with Gasteiger partial charge >= 0.3 is 5.97 Å². The van der Waals surface area contributed by atoms with Crippen LogP contribution in [0.2, 0.25) is 0 Å². The van der Waals surface area contributed by atoms with Crippen LogP contribution >= 0.6 is 0 Å². The summed E-state index contributed by atoms with van der Waals surface area (Å²) in [5, 5.41) is 0. The van der Waals surface area contributed by atoms with Crippen molar-refractivity contribution in [1.29, 1.82) is 0 Å². The normalized spacial score (nSPS) is 9.92. The molecule has 0 amide bonds. The van der Waals surface area contributed by atoms with Crippen LogP contribution in [0.4, 0.5) is 0 Å². The molecule has 0 aliphatic carbocycles. The van der Waals surface area contributed by atoms with Crippen LogP contribution in [0, 0.1) is 6.92 Å². The van der Waals surface area contributed by atoms with Crippen molar-refractivity contribution in [1.82, 2.24) is 9.97 Å². The van der Waals surface area contributed by atoms with E-state index >= 15 is 0 Å². The van der Waals surface area contributed by atoms with Crippen LogP contribution in [0.5, 0.6) is 5.88 Å². The third kappa shape index (κ3) is 1.84. The number of imidazole rings is 1. The van der Waals surface area contributed by atoms with E-state index < -0.39 is 0 Å². The van der Waals surface area contributed by atoms with Gasteiger partial charge in [-0.3, -0.25) is 4.79 Å². The van der Waals surface area contributed by atoms with Crippen molar-refractivity contribution in [3.05, 3.63) is 11.5 Å². The molecule has 66 valence electrons. The first-order valence-electron chi connectivity index (χ1n) is 3.87. The first kappa shape index (κ1) is 8.77. The Bertz CT molecular complexity index is 291. The molecule has 1 rings (SSSR count). The van der Waals surface area contributed by atoms with Gasteiger partial charge in [-0.25, -0.2) is 0 Å². The molecule has 12 heavy (non-hydrogen) atoms. The highest BCUT2D eigenvalue weighted by molar-refractivity contribution is 5.68. The fraction of sp³-hybridized carbons (Fsp3) is 0.500. The molecular weight excluding hydrogens is 156 g/mol. The van der Waals surface area contributed by atoms with Gasteiger partial charge in [0, 0.05) is 13.3 Å². The highest BCUT2D eigenvalue weighted by Gasteiger charge is 2.07. The Morgan fingerprint density at radius 2 is 2.33 bits per heavy atom. The van der Waals surface area contributed by atoms with Gasteiger partial charge in [0.1, 0.15) is 5.82 Å². The van der Waals surface area contributed by atoms with Crippen LogP contribution in [-0.4, -0.2) is 15.9 Å². The van der Waals surface area contributed by atoms with Gasteiger partial charge in [0.05, 0.1) is 5.69 Å². The molecule has 0 fully saturated rings. The molecule has 0 aliphatic rings. The Kier molecular flexibility index (Phi) is 2.47. The maximum atomic E-state index is 10.6. The molecule has 0 atom stereocenters. The second-order valence-corrected chi connectivity index (χ2v) is 2.56. The lowest BCUT2D eigenvalue weighted by Gasteiger charge is -1.94. The molecule has 0 aliphatic heterocycles. The fourth-order valence-corrected chi connectivity index (χ4v) is 0.907. The average Bonchev–Trinajstić information content (AvgIpc) is 2.31. The Hall–Kier alpha value is -1.32. The molecule has 1 N–H and O–H groups in total. The Morgan fingerprint density at radius 1 is 1.67 bits per heavy atom. The summed E-state index contributed by atoms with van der Waals surface area (Å²) in [6, 6.07) is 0. The van der Waals surface area contributed by atoms with Crippen LogP contribution in [0.1, 0.15) is 25.4 Å². The van der Waals surface area contributed by atoms with Crippen molar-refractivity contribution >= 4 is 5.97 Å². The molecule has 0 bridgehead atoms. The maximum Gasteiger partial charge on any atom is 0.309 e. The van der Waals surface area contributed by atoms with E-state index in [1.54, 1.807) is 0 Å². The van der Waals surface area contributed by atoms with E-state index in [4.69, 9.17) is 4.74 Å². The monoisotopic (exact) mass is 168 g/mol. The van der Waals surface area contributed by atoms with E-state index in [0.717, 1.165) is 17.9 Å². The van der Waals surface area contributed by atoms with Gasteiger partial charge in [-0.05, 0) is 6.92 Å². The molecule has 0 unspecified atom stereocenters. The van der Waals surface area contributed by atoms with E-state index in [0.29, 0.717) is 5.88 Å². The summed E-state index contributed by atoms with van der Waals surface area (Å²) in [4.78, 5) is 17.7. The Labute approximate surface area is 71.0 Å². The van der Waals surface area contributed by atoms with Crippen LogP contribution in [0.25, 0.3) is 0 Å². The molecule has 0 aromatic carbocycles. The molecule has 4 nitrogen and oxygen atoms in total. The number of aromatic nitrogens is 2. The van der Waals surface area contributed by atoms with Crippen LogP contribution in [0.3, 0.4) is 0 Å². The molecule has 4 heteroatoms. The van der Waals surface area contributed by atoms with Crippen molar-refractivity contribution in [2.45, 2.75) is 27.2 Å². The highest BCUT2D eigenvalue weighted by atomic mass is 16.5. The van der Waals surface area contributed by atoms with E-state index in [-0.39, 0.29) is 5.97 Å². The molecular formula is C8H12N2O2. The lowest BCUT2D eigenvalue weighted by atomic mass is 10.5.